The second kappa shape index (κ2) is 7.37. The van der Waals surface area contributed by atoms with Gasteiger partial charge in [0.25, 0.3) is 0 Å². The molecular formula is C33H25NS. The van der Waals surface area contributed by atoms with E-state index in [0.29, 0.717) is 0 Å². The molecule has 0 N–H and O–H groups in total. The van der Waals surface area contributed by atoms with Crippen molar-refractivity contribution >= 4 is 63.8 Å². The molecule has 2 aromatic heterocycles. The maximum Gasteiger partial charge on any atom is 0.0780 e. The van der Waals surface area contributed by atoms with Crippen LogP contribution in [0.25, 0.3) is 63.7 Å². The van der Waals surface area contributed by atoms with Gasteiger partial charge in [-0.1, -0.05) is 99.6 Å². The van der Waals surface area contributed by atoms with E-state index in [1.807, 2.05) is 17.5 Å². The maximum absolute atomic E-state index is 4.87. The first-order valence-corrected chi connectivity index (χ1v) is 13.0. The zero-order chi connectivity index (χ0) is 23.7. The van der Waals surface area contributed by atoms with Crippen LogP contribution in [-0.4, -0.2) is 4.98 Å². The Labute approximate surface area is 208 Å². The van der Waals surface area contributed by atoms with Crippen molar-refractivity contribution < 1.29 is 0 Å². The molecule has 0 atom stereocenters. The summed E-state index contributed by atoms with van der Waals surface area (Å²) in [4.78, 5) is 4.87. The quantitative estimate of drug-likeness (QED) is 0.219. The summed E-state index contributed by atoms with van der Waals surface area (Å²) in [6.45, 7) is 6.89. The van der Waals surface area contributed by atoms with Gasteiger partial charge in [-0.25, -0.2) is 0 Å². The molecule has 2 heteroatoms. The Kier molecular flexibility index (Phi) is 4.34. The van der Waals surface area contributed by atoms with Gasteiger partial charge < -0.3 is 0 Å². The number of thiophene rings is 1. The van der Waals surface area contributed by atoms with Gasteiger partial charge in [0, 0.05) is 37.3 Å². The molecule has 0 amide bonds. The molecule has 0 fully saturated rings. The molecule has 0 saturated carbocycles. The van der Waals surface area contributed by atoms with Crippen molar-refractivity contribution in [1.82, 2.24) is 4.98 Å². The highest BCUT2D eigenvalue weighted by molar-refractivity contribution is 7.26. The molecule has 7 rings (SSSR count). The highest BCUT2D eigenvalue weighted by Gasteiger charge is 2.19. The topological polar surface area (TPSA) is 12.9 Å². The summed E-state index contributed by atoms with van der Waals surface area (Å²) in [6, 6.07) is 33.4. The van der Waals surface area contributed by atoms with Crippen molar-refractivity contribution in [1.29, 1.82) is 0 Å². The molecule has 0 aliphatic carbocycles. The molecular weight excluding hydrogens is 442 g/mol. The van der Waals surface area contributed by atoms with Crippen molar-refractivity contribution in [2.45, 2.75) is 26.2 Å². The molecule has 7 aromatic rings. The van der Waals surface area contributed by atoms with Gasteiger partial charge in [0.15, 0.2) is 0 Å². The Balaban J connectivity index is 1.47. The predicted molar refractivity (Wildman–Crippen MR) is 154 cm³/mol. The molecule has 1 nitrogen and oxygen atoms in total. The van der Waals surface area contributed by atoms with Gasteiger partial charge in [0.2, 0.25) is 0 Å². The fourth-order valence-corrected chi connectivity index (χ4v) is 6.99. The molecule has 0 bridgehead atoms. The Morgan fingerprint density at radius 3 is 2.20 bits per heavy atom. The van der Waals surface area contributed by atoms with Crippen LogP contribution in [0.5, 0.6) is 0 Å². The molecule has 0 aliphatic heterocycles. The Morgan fingerprint density at radius 1 is 0.600 bits per heavy atom. The summed E-state index contributed by atoms with van der Waals surface area (Å²) >= 11 is 1.91. The lowest BCUT2D eigenvalue weighted by Gasteiger charge is -2.19. The second-order valence-electron chi connectivity index (χ2n) is 10.4. The normalized spacial score (nSPS) is 12.4. The number of hydrogen-bond acceptors (Lipinski definition) is 2. The summed E-state index contributed by atoms with van der Waals surface area (Å²) < 4.78 is 2.72. The third kappa shape index (κ3) is 3.10. The second-order valence-corrected chi connectivity index (χ2v) is 11.5. The predicted octanol–water partition coefficient (Wildman–Crippen LogP) is 9.87. The first kappa shape index (κ1) is 20.6. The monoisotopic (exact) mass is 467 g/mol. The third-order valence-corrected chi connectivity index (χ3v) is 8.45. The van der Waals surface area contributed by atoms with Gasteiger partial charge in [-0.15, -0.1) is 11.3 Å². The molecule has 0 radical (unpaired) electrons. The molecule has 2 heterocycles. The molecule has 5 aromatic carbocycles. The van der Waals surface area contributed by atoms with E-state index in [0.717, 1.165) is 5.69 Å². The largest absolute Gasteiger partial charge is 0.256 e. The number of nitrogens with zero attached hydrogens (tertiary/aromatic N) is 1. The number of hydrogen-bond donors (Lipinski definition) is 0. The zero-order valence-electron chi connectivity index (χ0n) is 20.1. The third-order valence-electron chi connectivity index (χ3n) is 7.25. The van der Waals surface area contributed by atoms with E-state index in [1.165, 1.54) is 63.6 Å². The summed E-state index contributed by atoms with van der Waals surface area (Å²) in [5.41, 5.74) is 3.76. The van der Waals surface area contributed by atoms with E-state index in [9.17, 15) is 0 Å². The van der Waals surface area contributed by atoms with Gasteiger partial charge in [-0.3, -0.25) is 4.98 Å². The smallest absolute Gasteiger partial charge is 0.0780 e. The van der Waals surface area contributed by atoms with Crippen molar-refractivity contribution in [2.24, 2.45) is 0 Å². The van der Waals surface area contributed by atoms with Gasteiger partial charge >= 0.3 is 0 Å². The Bertz CT molecular complexity index is 1940. The molecule has 0 unspecified atom stereocenters. The van der Waals surface area contributed by atoms with Crippen LogP contribution in [0.4, 0.5) is 0 Å². The number of fused-ring (bicyclic) bond motifs is 8. The highest BCUT2D eigenvalue weighted by Crippen LogP contribution is 2.42. The van der Waals surface area contributed by atoms with Crippen LogP contribution in [0, 0.1) is 0 Å². The summed E-state index contributed by atoms with van der Waals surface area (Å²) in [5.74, 6) is 0. The fourth-order valence-electron chi connectivity index (χ4n) is 5.52. The maximum atomic E-state index is 4.87. The van der Waals surface area contributed by atoms with Crippen LogP contribution in [-0.2, 0) is 5.41 Å². The van der Waals surface area contributed by atoms with Crippen molar-refractivity contribution in [3.05, 3.63) is 103 Å². The molecule has 35 heavy (non-hydrogen) atoms. The van der Waals surface area contributed by atoms with Crippen molar-refractivity contribution in [3.8, 4) is 11.3 Å². The molecule has 0 saturated heterocycles. The lowest BCUT2D eigenvalue weighted by Crippen LogP contribution is -2.10. The first-order valence-electron chi connectivity index (χ1n) is 12.1. The van der Waals surface area contributed by atoms with Gasteiger partial charge in [-0.2, -0.15) is 0 Å². The summed E-state index contributed by atoms with van der Waals surface area (Å²) in [7, 11) is 0. The standard InChI is InChI=1S/C33H25NS/c1-33(2,3)29-10-6-9-28-26-14-12-21(19-30(26)35-32(28)29)31-27-16-15-23-22-8-5-4-7-20(22)11-13-24(23)25(27)17-18-34-31/h4-19H,1-3H3. The number of aromatic nitrogens is 1. The van der Waals surface area contributed by atoms with E-state index in [4.69, 9.17) is 4.98 Å². The lowest BCUT2D eigenvalue weighted by molar-refractivity contribution is 0.597. The van der Waals surface area contributed by atoms with Gasteiger partial charge in [0.1, 0.15) is 0 Å². The van der Waals surface area contributed by atoms with Crippen LogP contribution >= 0.6 is 11.3 Å². The number of rotatable bonds is 1. The number of benzene rings is 5. The Morgan fingerprint density at radius 2 is 1.31 bits per heavy atom. The zero-order valence-corrected chi connectivity index (χ0v) is 20.9. The molecule has 0 aliphatic rings. The van der Waals surface area contributed by atoms with E-state index >= 15 is 0 Å². The fraction of sp³-hybridized carbons (Fsp3) is 0.121. The van der Waals surface area contributed by atoms with Crippen LogP contribution in [0.1, 0.15) is 26.3 Å². The highest BCUT2D eigenvalue weighted by atomic mass is 32.1. The van der Waals surface area contributed by atoms with E-state index in [1.54, 1.807) is 0 Å². The minimum absolute atomic E-state index is 0.117. The minimum atomic E-state index is 0.117. The SMILES string of the molecule is CC(C)(C)c1cccc2c1sc1cc(-c3nccc4c3ccc3c5ccccc5ccc43)ccc12. The lowest BCUT2D eigenvalue weighted by atomic mass is 9.86. The van der Waals surface area contributed by atoms with Crippen LogP contribution in [0.3, 0.4) is 0 Å². The van der Waals surface area contributed by atoms with E-state index < -0.39 is 0 Å². The summed E-state index contributed by atoms with van der Waals surface area (Å²) in [5, 5.41) is 10.3. The number of pyridine rings is 1. The van der Waals surface area contributed by atoms with Crippen LogP contribution in [0.15, 0.2) is 97.2 Å². The van der Waals surface area contributed by atoms with Crippen molar-refractivity contribution in [3.63, 3.8) is 0 Å². The van der Waals surface area contributed by atoms with E-state index in [2.05, 4.69) is 112 Å². The van der Waals surface area contributed by atoms with Crippen LogP contribution < -0.4 is 0 Å². The molecule has 168 valence electrons. The average Bonchev–Trinajstić information content (AvgIpc) is 3.25. The minimum Gasteiger partial charge on any atom is -0.256 e. The first-order chi connectivity index (χ1) is 17.0. The average molecular weight is 468 g/mol. The van der Waals surface area contributed by atoms with Gasteiger partial charge in [0.05, 0.1) is 5.69 Å². The van der Waals surface area contributed by atoms with Gasteiger partial charge in [-0.05, 0) is 50.0 Å². The van der Waals surface area contributed by atoms with Crippen molar-refractivity contribution in [2.75, 3.05) is 0 Å². The van der Waals surface area contributed by atoms with Crippen LogP contribution in [0.2, 0.25) is 0 Å². The summed E-state index contributed by atoms with van der Waals surface area (Å²) in [6.07, 6.45) is 1.96. The van der Waals surface area contributed by atoms with E-state index in [-0.39, 0.29) is 5.41 Å². The Hall–Kier alpha value is -3.75. The molecule has 0 spiro atoms.